The number of fused-ring (bicyclic) bond motifs is 1. The summed E-state index contributed by atoms with van der Waals surface area (Å²) in [6.45, 7) is 1.54. The maximum absolute atomic E-state index is 12.0. The van der Waals surface area contributed by atoms with E-state index in [1.165, 1.54) is 0 Å². The van der Waals surface area contributed by atoms with Crippen molar-refractivity contribution >= 4 is 28.5 Å². The van der Waals surface area contributed by atoms with E-state index in [1.807, 2.05) is 24.3 Å². The lowest BCUT2D eigenvalue weighted by Gasteiger charge is -2.24. The van der Waals surface area contributed by atoms with Crippen LogP contribution < -0.4 is 0 Å². The topological polar surface area (TPSA) is 39.4 Å². The molecule has 0 bridgehead atoms. The molecule has 0 unspecified atom stereocenters. The molecule has 2 aromatic rings. The number of ketones is 1. The van der Waals surface area contributed by atoms with E-state index in [0.29, 0.717) is 16.6 Å². The molecule has 17 heavy (non-hydrogen) atoms. The summed E-state index contributed by atoms with van der Waals surface area (Å²) in [7, 11) is 0. The van der Waals surface area contributed by atoms with E-state index in [4.69, 9.17) is 9.15 Å². The molecule has 0 amide bonds. The predicted octanol–water partition coefficient (Wildman–Crippen LogP) is 2.75. The molecule has 88 valence electrons. The van der Waals surface area contributed by atoms with Gasteiger partial charge in [0.05, 0.1) is 29.8 Å². The van der Waals surface area contributed by atoms with Crippen LogP contribution in [0.4, 0.5) is 0 Å². The molecule has 4 heteroatoms. The summed E-state index contributed by atoms with van der Waals surface area (Å²) < 4.78 is 10.4. The Morgan fingerprint density at radius 1 is 1.35 bits per heavy atom. The Kier molecular flexibility index (Phi) is 2.91. The molecule has 0 saturated carbocycles. The maximum atomic E-state index is 12.0. The fraction of sp³-hybridized carbons (Fsp3) is 0.308. The van der Waals surface area contributed by atoms with Crippen molar-refractivity contribution in [2.75, 3.05) is 19.0 Å². The SMILES string of the molecule is O=C(CSC1COC1)c1coc2ccccc12. The van der Waals surface area contributed by atoms with Crippen LogP contribution in [-0.4, -0.2) is 30.0 Å². The van der Waals surface area contributed by atoms with E-state index in [9.17, 15) is 4.79 Å². The van der Waals surface area contributed by atoms with Gasteiger partial charge in [-0.3, -0.25) is 4.79 Å². The number of para-hydroxylation sites is 1. The van der Waals surface area contributed by atoms with Gasteiger partial charge in [0.1, 0.15) is 11.8 Å². The van der Waals surface area contributed by atoms with Crippen LogP contribution in [-0.2, 0) is 4.74 Å². The molecule has 1 saturated heterocycles. The predicted molar refractivity (Wildman–Crippen MR) is 67.6 cm³/mol. The molecule has 0 spiro atoms. The smallest absolute Gasteiger partial charge is 0.176 e. The van der Waals surface area contributed by atoms with Crippen LogP contribution in [0.5, 0.6) is 0 Å². The van der Waals surface area contributed by atoms with Gasteiger partial charge in [-0.2, -0.15) is 0 Å². The Balaban J connectivity index is 1.75. The molecule has 0 aliphatic carbocycles. The van der Waals surface area contributed by atoms with Crippen LogP contribution in [0.2, 0.25) is 0 Å². The lowest BCUT2D eigenvalue weighted by molar-refractivity contribution is 0.0455. The first kappa shape index (κ1) is 10.9. The molecule has 3 nitrogen and oxygen atoms in total. The minimum Gasteiger partial charge on any atom is -0.464 e. The number of benzene rings is 1. The molecule has 1 fully saturated rings. The fourth-order valence-corrected chi connectivity index (χ4v) is 2.70. The monoisotopic (exact) mass is 248 g/mol. The Hall–Kier alpha value is -1.26. The third kappa shape index (κ3) is 2.10. The Bertz CT molecular complexity index is 542. The first-order valence-corrected chi connectivity index (χ1v) is 6.58. The van der Waals surface area contributed by atoms with E-state index in [-0.39, 0.29) is 5.78 Å². The van der Waals surface area contributed by atoms with Crippen LogP contribution in [0.25, 0.3) is 11.0 Å². The molecule has 0 atom stereocenters. The van der Waals surface area contributed by atoms with E-state index < -0.39 is 0 Å². The number of rotatable bonds is 4. The second kappa shape index (κ2) is 4.55. The Morgan fingerprint density at radius 3 is 2.94 bits per heavy atom. The summed E-state index contributed by atoms with van der Waals surface area (Å²) in [5.74, 6) is 0.629. The lowest BCUT2D eigenvalue weighted by Crippen LogP contribution is -2.31. The van der Waals surface area contributed by atoms with Crippen LogP contribution >= 0.6 is 11.8 Å². The first-order chi connectivity index (χ1) is 8.34. The number of carbonyl (C=O) groups excluding carboxylic acids is 1. The van der Waals surface area contributed by atoms with Crippen molar-refractivity contribution in [3.05, 3.63) is 36.1 Å². The standard InChI is InChI=1S/C13H12O3S/c14-12(8-17-9-5-15-6-9)11-7-16-13-4-2-1-3-10(11)13/h1-4,7,9H,5-6,8H2. The van der Waals surface area contributed by atoms with Gasteiger partial charge in [0, 0.05) is 5.39 Å². The van der Waals surface area contributed by atoms with Crippen molar-refractivity contribution in [2.24, 2.45) is 0 Å². The van der Waals surface area contributed by atoms with E-state index >= 15 is 0 Å². The lowest BCUT2D eigenvalue weighted by atomic mass is 10.1. The second-order valence-electron chi connectivity index (χ2n) is 4.04. The van der Waals surface area contributed by atoms with Crippen LogP contribution in [0.1, 0.15) is 10.4 Å². The second-order valence-corrected chi connectivity index (χ2v) is 5.33. The Morgan fingerprint density at radius 2 is 2.18 bits per heavy atom. The zero-order chi connectivity index (χ0) is 11.7. The summed E-state index contributed by atoms with van der Waals surface area (Å²) in [5, 5.41) is 1.39. The number of ether oxygens (including phenoxy) is 1. The minimum atomic E-state index is 0.131. The molecular weight excluding hydrogens is 236 g/mol. The van der Waals surface area contributed by atoms with Gasteiger partial charge in [0.15, 0.2) is 5.78 Å². The average molecular weight is 248 g/mol. The molecule has 3 rings (SSSR count). The van der Waals surface area contributed by atoms with Crippen molar-refractivity contribution < 1.29 is 13.9 Å². The molecule has 0 radical (unpaired) electrons. The number of carbonyl (C=O) groups is 1. The summed E-state index contributed by atoms with van der Waals surface area (Å²) in [5.41, 5.74) is 1.46. The van der Waals surface area contributed by atoms with Gasteiger partial charge >= 0.3 is 0 Å². The van der Waals surface area contributed by atoms with Crippen LogP contribution in [0.15, 0.2) is 34.9 Å². The van der Waals surface area contributed by atoms with E-state index in [0.717, 1.165) is 24.2 Å². The molecule has 1 aromatic heterocycles. The van der Waals surface area contributed by atoms with Crippen LogP contribution in [0.3, 0.4) is 0 Å². The highest BCUT2D eigenvalue weighted by Crippen LogP contribution is 2.24. The third-order valence-corrected chi connectivity index (χ3v) is 4.01. The summed E-state index contributed by atoms with van der Waals surface area (Å²) in [6, 6.07) is 7.62. The molecule has 1 aromatic carbocycles. The van der Waals surface area contributed by atoms with Crippen molar-refractivity contribution in [1.82, 2.24) is 0 Å². The zero-order valence-electron chi connectivity index (χ0n) is 9.22. The van der Waals surface area contributed by atoms with Gasteiger partial charge in [-0.05, 0) is 6.07 Å². The summed E-state index contributed by atoms with van der Waals surface area (Å²) >= 11 is 1.66. The number of hydrogen-bond acceptors (Lipinski definition) is 4. The molecule has 2 heterocycles. The molecular formula is C13H12O3S. The number of hydrogen-bond donors (Lipinski definition) is 0. The highest BCUT2D eigenvalue weighted by molar-refractivity contribution is 8.00. The van der Waals surface area contributed by atoms with E-state index in [1.54, 1.807) is 18.0 Å². The highest BCUT2D eigenvalue weighted by Gasteiger charge is 2.21. The van der Waals surface area contributed by atoms with Crippen molar-refractivity contribution in [2.45, 2.75) is 5.25 Å². The third-order valence-electron chi connectivity index (χ3n) is 2.84. The summed E-state index contributed by atoms with van der Waals surface area (Å²) in [4.78, 5) is 12.0. The number of Topliss-reactive ketones (excluding diaryl/α,β-unsaturated/α-hetero) is 1. The fourth-order valence-electron chi connectivity index (χ4n) is 1.78. The zero-order valence-corrected chi connectivity index (χ0v) is 10.0. The van der Waals surface area contributed by atoms with Crippen molar-refractivity contribution in [3.8, 4) is 0 Å². The quantitative estimate of drug-likeness (QED) is 0.780. The van der Waals surface area contributed by atoms with Gasteiger partial charge in [-0.1, -0.05) is 18.2 Å². The van der Waals surface area contributed by atoms with Gasteiger partial charge < -0.3 is 9.15 Å². The number of thioether (sulfide) groups is 1. The van der Waals surface area contributed by atoms with Crippen molar-refractivity contribution in [3.63, 3.8) is 0 Å². The maximum Gasteiger partial charge on any atom is 0.176 e. The Labute approximate surface area is 103 Å². The van der Waals surface area contributed by atoms with Gasteiger partial charge in [-0.15, -0.1) is 11.8 Å². The van der Waals surface area contributed by atoms with E-state index in [2.05, 4.69) is 0 Å². The molecule has 0 N–H and O–H groups in total. The normalized spacial score (nSPS) is 16.0. The molecule has 1 aliphatic rings. The van der Waals surface area contributed by atoms with Crippen molar-refractivity contribution in [1.29, 1.82) is 0 Å². The molecule has 1 aliphatic heterocycles. The largest absolute Gasteiger partial charge is 0.464 e. The summed E-state index contributed by atoms with van der Waals surface area (Å²) in [6.07, 6.45) is 1.56. The van der Waals surface area contributed by atoms with Crippen LogP contribution in [0, 0.1) is 0 Å². The van der Waals surface area contributed by atoms with Gasteiger partial charge in [-0.25, -0.2) is 0 Å². The first-order valence-electron chi connectivity index (χ1n) is 5.53. The van der Waals surface area contributed by atoms with Gasteiger partial charge in [0.2, 0.25) is 0 Å². The average Bonchev–Trinajstić information content (AvgIpc) is 2.70. The minimum absolute atomic E-state index is 0.131. The highest BCUT2D eigenvalue weighted by atomic mass is 32.2. The van der Waals surface area contributed by atoms with Gasteiger partial charge in [0.25, 0.3) is 0 Å². The number of furan rings is 1.